The number of carbonyl (C=O) groups excluding carboxylic acids is 1. The van der Waals surface area contributed by atoms with Gasteiger partial charge in [0.05, 0.1) is 27.7 Å². The highest BCUT2D eigenvalue weighted by molar-refractivity contribution is 7.13. The fourth-order valence-corrected chi connectivity index (χ4v) is 3.74. The highest BCUT2D eigenvalue weighted by Crippen LogP contribution is 2.29. The van der Waals surface area contributed by atoms with Crippen molar-refractivity contribution in [1.29, 1.82) is 0 Å². The minimum atomic E-state index is -0.158. The Labute approximate surface area is 161 Å². The van der Waals surface area contributed by atoms with Crippen LogP contribution in [-0.2, 0) is 0 Å². The van der Waals surface area contributed by atoms with Gasteiger partial charge in [-0.3, -0.25) is 4.79 Å². The van der Waals surface area contributed by atoms with Crippen LogP contribution in [0.3, 0.4) is 0 Å². The number of pyridine rings is 1. The van der Waals surface area contributed by atoms with E-state index in [1.165, 1.54) is 0 Å². The van der Waals surface area contributed by atoms with Gasteiger partial charge in [0.25, 0.3) is 5.91 Å². The van der Waals surface area contributed by atoms with Gasteiger partial charge in [-0.2, -0.15) is 5.10 Å². The zero-order valence-electron chi connectivity index (χ0n) is 15.4. The molecule has 0 saturated heterocycles. The maximum atomic E-state index is 13.1. The first-order valence-corrected chi connectivity index (χ1v) is 9.71. The number of hydrogen-bond acceptors (Lipinski definition) is 4. The lowest BCUT2D eigenvalue weighted by atomic mass is 10.1. The molecule has 0 spiro atoms. The Morgan fingerprint density at radius 1 is 1.19 bits per heavy atom. The predicted octanol–water partition coefficient (Wildman–Crippen LogP) is 5.30. The quantitative estimate of drug-likeness (QED) is 0.526. The number of fused-ring (bicyclic) bond motifs is 1. The molecule has 0 aliphatic carbocycles. The summed E-state index contributed by atoms with van der Waals surface area (Å²) in [5.74, 6) is -0.158. The molecular weight excluding hydrogens is 356 g/mol. The molecule has 6 heteroatoms. The van der Waals surface area contributed by atoms with E-state index in [1.54, 1.807) is 17.5 Å². The highest BCUT2D eigenvalue weighted by atomic mass is 32.1. The van der Waals surface area contributed by atoms with E-state index in [4.69, 9.17) is 4.98 Å². The lowest BCUT2D eigenvalue weighted by Gasteiger charge is -2.11. The van der Waals surface area contributed by atoms with Gasteiger partial charge in [-0.25, -0.2) is 9.67 Å². The first-order valence-electron chi connectivity index (χ1n) is 8.83. The molecule has 1 aromatic carbocycles. The van der Waals surface area contributed by atoms with Crippen LogP contribution >= 0.6 is 11.3 Å². The SMILES string of the molecule is Cc1cccc(NC(=O)c2cc(-c3cccs3)nc3c2cnn3C(C)C)c1. The van der Waals surface area contributed by atoms with E-state index in [2.05, 4.69) is 24.3 Å². The molecule has 0 aliphatic heterocycles. The second-order valence-electron chi connectivity index (χ2n) is 6.78. The maximum Gasteiger partial charge on any atom is 0.256 e. The summed E-state index contributed by atoms with van der Waals surface area (Å²) in [7, 11) is 0. The van der Waals surface area contributed by atoms with Crippen molar-refractivity contribution in [3.8, 4) is 10.6 Å². The molecule has 0 saturated carbocycles. The number of nitrogens with one attached hydrogen (secondary N) is 1. The largest absolute Gasteiger partial charge is 0.322 e. The molecule has 3 aromatic heterocycles. The predicted molar refractivity (Wildman–Crippen MR) is 110 cm³/mol. The molecule has 136 valence electrons. The molecule has 4 aromatic rings. The summed E-state index contributed by atoms with van der Waals surface area (Å²) in [6.45, 7) is 6.11. The maximum absolute atomic E-state index is 13.1. The lowest BCUT2D eigenvalue weighted by Crippen LogP contribution is -2.13. The molecule has 1 N–H and O–H groups in total. The van der Waals surface area contributed by atoms with Crippen molar-refractivity contribution in [2.24, 2.45) is 0 Å². The van der Waals surface area contributed by atoms with Crippen molar-refractivity contribution < 1.29 is 4.79 Å². The Bertz CT molecular complexity index is 1110. The Kier molecular flexibility index (Phi) is 4.49. The average Bonchev–Trinajstić information content (AvgIpc) is 3.30. The van der Waals surface area contributed by atoms with E-state index in [1.807, 2.05) is 59.5 Å². The van der Waals surface area contributed by atoms with Gasteiger partial charge >= 0.3 is 0 Å². The molecular formula is C21H20N4OS. The van der Waals surface area contributed by atoms with Gasteiger partial charge < -0.3 is 5.32 Å². The van der Waals surface area contributed by atoms with Crippen molar-refractivity contribution >= 4 is 34.0 Å². The number of thiophene rings is 1. The monoisotopic (exact) mass is 376 g/mol. The fourth-order valence-electron chi connectivity index (χ4n) is 3.06. The van der Waals surface area contributed by atoms with Crippen LogP contribution in [0, 0.1) is 6.92 Å². The molecule has 0 bridgehead atoms. The van der Waals surface area contributed by atoms with Crippen LogP contribution in [0.4, 0.5) is 5.69 Å². The zero-order valence-corrected chi connectivity index (χ0v) is 16.2. The summed E-state index contributed by atoms with van der Waals surface area (Å²) in [6, 6.07) is 13.8. The van der Waals surface area contributed by atoms with Gasteiger partial charge in [0.1, 0.15) is 0 Å². The van der Waals surface area contributed by atoms with Gasteiger partial charge in [-0.1, -0.05) is 18.2 Å². The molecule has 5 nitrogen and oxygen atoms in total. The lowest BCUT2D eigenvalue weighted by molar-refractivity contribution is 0.102. The second-order valence-corrected chi connectivity index (χ2v) is 7.72. The minimum Gasteiger partial charge on any atom is -0.322 e. The highest BCUT2D eigenvalue weighted by Gasteiger charge is 2.19. The molecule has 0 aliphatic rings. The van der Waals surface area contributed by atoms with E-state index < -0.39 is 0 Å². The number of aryl methyl sites for hydroxylation is 1. The van der Waals surface area contributed by atoms with Crippen LogP contribution in [-0.4, -0.2) is 20.7 Å². The van der Waals surface area contributed by atoms with Gasteiger partial charge in [0.2, 0.25) is 0 Å². The van der Waals surface area contributed by atoms with Crippen LogP contribution in [0.1, 0.15) is 35.8 Å². The number of benzene rings is 1. The third-order valence-corrected chi connectivity index (χ3v) is 5.24. The number of carbonyl (C=O) groups is 1. The third-order valence-electron chi connectivity index (χ3n) is 4.35. The molecule has 3 heterocycles. The summed E-state index contributed by atoms with van der Waals surface area (Å²) >= 11 is 1.60. The van der Waals surface area contributed by atoms with E-state index >= 15 is 0 Å². The summed E-state index contributed by atoms with van der Waals surface area (Å²) in [4.78, 5) is 18.9. The van der Waals surface area contributed by atoms with E-state index in [9.17, 15) is 4.79 Å². The first-order chi connectivity index (χ1) is 13.0. The van der Waals surface area contributed by atoms with E-state index in [0.717, 1.165) is 32.9 Å². The molecule has 0 radical (unpaired) electrons. The minimum absolute atomic E-state index is 0.154. The third kappa shape index (κ3) is 3.36. The van der Waals surface area contributed by atoms with Gasteiger partial charge in [0.15, 0.2) is 5.65 Å². The Hall–Kier alpha value is -2.99. The van der Waals surface area contributed by atoms with E-state index in [0.29, 0.717) is 5.56 Å². The molecule has 4 rings (SSSR count). The van der Waals surface area contributed by atoms with Crippen molar-refractivity contribution in [1.82, 2.24) is 14.8 Å². The summed E-state index contributed by atoms with van der Waals surface area (Å²) in [5, 5.41) is 10.2. The average molecular weight is 376 g/mol. The Morgan fingerprint density at radius 3 is 2.74 bits per heavy atom. The molecule has 1 amide bonds. The Balaban J connectivity index is 1.84. The first kappa shape index (κ1) is 17.4. The van der Waals surface area contributed by atoms with Crippen LogP contribution in [0.2, 0.25) is 0 Å². The van der Waals surface area contributed by atoms with Crippen molar-refractivity contribution in [2.45, 2.75) is 26.8 Å². The number of rotatable bonds is 4. The van der Waals surface area contributed by atoms with Crippen molar-refractivity contribution in [3.63, 3.8) is 0 Å². The topological polar surface area (TPSA) is 59.8 Å². The molecule has 0 unspecified atom stereocenters. The smallest absolute Gasteiger partial charge is 0.256 e. The van der Waals surface area contributed by atoms with Gasteiger partial charge in [0, 0.05) is 11.7 Å². The number of amides is 1. The molecule has 27 heavy (non-hydrogen) atoms. The van der Waals surface area contributed by atoms with Crippen LogP contribution in [0.15, 0.2) is 54.0 Å². The van der Waals surface area contributed by atoms with Crippen molar-refractivity contribution in [2.75, 3.05) is 5.32 Å². The van der Waals surface area contributed by atoms with Crippen LogP contribution in [0.25, 0.3) is 21.6 Å². The number of aromatic nitrogens is 3. The van der Waals surface area contributed by atoms with Gasteiger partial charge in [-0.15, -0.1) is 11.3 Å². The normalized spacial score (nSPS) is 11.3. The van der Waals surface area contributed by atoms with Crippen LogP contribution < -0.4 is 5.32 Å². The number of anilines is 1. The Morgan fingerprint density at radius 2 is 2.04 bits per heavy atom. The van der Waals surface area contributed by atoms with Crippen molar-refractivity contribution in [3.05, 3.63) is 65.2 Å². The van der Waals surface area contributed by atoms with Gasteiger partial charge in [-0.05, 0) is 56.0 Å². The summed E-state index contributed by atoms with van der Waals surface area (Å²) in [5.41, 5.74) is 3.97. The fraction of sp³-hybridized carbons (Fsp3) is 0.190. The molecule has 0 atom stereocenters. The van der Waals surface area contributed by atoms with E-state index in [-0.39, 0.29) is 11.9 Å². The second kappa shape index (κ2) is 6.96. The number of hydrogen-bond donors (Lipinski definition) is 1. The number of nitrogens with zero attached hydrogens (tertiary/aromatic N) is 3. The van der Waals surface area contributed by atoms with Crippen LogP contribution in [0.5, 0.6) is 0 Å². The summed E-state index contributed by atoms with van der Waals surface area (Å²) in [6.07, 6.45) is 1.73. The molecule has 0 fully saturated rings. The standard InChI is InChI=1S/C21H20N4OS/c1-13(2)25-20-17(12-22-25)16(11-18(24-20)19-8-5-9-27-19)21(26)23-15-7-4-6-14(3)10-15/h4-13H,1-3H3,(H,23,26). The summed E-state index contributed by atoms with van der Waals surface area (Å²) < 4.78 is 1.86. The zero-order chi connectivity index (χ0) is 19.0.